The van der Waals surface area contributed by atoms with Crippen LogP contribution in [0.5, 0.6) is 0 Å². The number of nitrogens with zero attached hydrogens (tertiary/aromatic N) is 3. The molecule has 3 aromatic rings. The van der Waals surface area contributed by atoms with Gasteiger partial charge in [0.2, 0.25) is 0 Å². The van der Waals surface area contributed by atoms with E-state index in [0.717, 1.165) is 23.0 Å². The van der Waals surface area contributed by atoms with Crippen LogP contribution in [0, 0.1) is 5.82 Å². The van der Waals surface area contributed by atoms with Crippen molar-refractivity contribution in [1.29, 1.82) is 0 Å². The third-order valence-electron chi connectivity index (χ3n) is 4.24. The van der Waals surface area contributed by atoms with Gasteiger partial charge in [0.05, 0.1) is 24.3 Å². The van der Waals surface area contributed by atoms with Gasteiger partial charge in [-0.2, -0.15) is 18.3 Å². The molecule has 3 rings (SSSR count). The zero-order valence-electron chi connectivity index (χ0n) is 15.5. The Hall–Kier alpha value is -3.50. The maximum Gasteiger partial charge on any atom is 0.419 e. The predicted molar refractivity (Wildman–Crippen MR) is 96.8 cm³/mol. The summed E-state index contributed by atoms with van der Waals surface area (Å²) in [6.07, 6.45) is -4.27. The lowest BCUT2D eigenvalue weighted by atomic mass is 10.1. The Morgan fingerprint density at radius 2 is 1.97 bits per heavy atom. The van der Waals surface area contributed by atoms with Crippen molar-refractivity contribution in [2.45, 2.75) is 25.9 Å². The number of halogens is 4. The average Bonchev–Trinajstić information content (AvgIpc) is 3.14. The van der Waals surface area contributed by atoms with E-state index in [4.69, 9.17) is 4.74 Å². The summed E-state index contributed by atoms with van der Waals surface area (Å²) < 4.78 is 58.5. The molecule has 158 valence electrons. The summed E-state index contributed by atoms with van der Waals surface area (Å²) in [4.78, 5) is 28.0. The van der Waals surface area contributed by atoms with Crippen molar-refractivity contribution < 1.29 is 32.2 Å². The molecule has 30 heavy (non-hydrogen) atoms. The van der Waals surface area contributed by atoms with Gasteiger partial charge in [-0.15, -0.1) is 0 Å². The standard InChI is InChI=1S/C19H15F4N3O4/c1-2-30-16(29)6-5-14(27)17-15(28)8-13(26-18(17)24-9-25-26)10-3-4-12(20)11(7-10)19(21,22)23/h3-4,7-9,27H,2,5-6H2,1H3. The third-order valence-corrected chi connectivity index (χ3v) is 4.24. The first-order chi connectivity index (χ1) is 14.1. The number of aromatic nitrogens is 3. The lowest BCUT2D eigenvalue weighted by Crippen LogP contribution is -2.30. The SMILES string of the molecule is CCOC(=O)CCC(O)=c1c(=O)cc(-c2ccc(F)c(C(F)(F)F)c2)n2ncnc12. The summed E-state index contributed by atoms with van der Waals surface area (Å²) in [5.74, 6) is -2.46. The van der Waals surface area contributed by atoms with Crippen molar-refractivity contribution >= 4 is 17.4 Å². The Kier molecular flexibility index (Phi) is 5.72. The minimum Gasteiger partial charge on any atom is -0.511 e. The number of esters is 1. The maximum absolute atomic E-state index is 13.6. The fourth-order valence-corrected chi connectivity index (χ4v) is 2.91. The van der Waals surface area contributed by atoms with Crippen molar-refractivity contribution in [2.24, 2.45) is 0 Å². The number of pyridine rings is 1. The highest BCUT2D eigenvalue weighted by molar-refractivity contribution is 5.71. The number of rotatable bonds is 5. The molecule has 0 aliphatic rings. The van der Waals surface area contributed by atoms with E-state index in [0.29, 0.717) is 12.1 Å². The van der Waals surface area contributed by atoms with Gasteiger partial charge in [-0.3, -0.25) is 9.59 Å². The average molecular weight is 425 g/mol. The number of fused-ring (bicyclic) bond motifs is 1. The van der Waals surface area contributed by atoms with Crippen molar-refractivity contribution in [1.82, 2.24) is 14.6 Å². The van der Waals surface area contributed by atoms with Crippen molar-refractivity contribution in [3.05, 3.63) is 57.4 Å². The second-order valence-corrected chi connectivity index (χ2v) is 6.21. The number of alkyl halides is 3. The summed E-state index contributed by atoms with van der Waals surface area (Å²) in [6.45, 7) is 1.78. The molecule has 2 heterocycles. The molecule has 0 saturated carbocycles. The summed E-state index contributed by atoms with van der Waals surface area (Å²) in [5, 5.41) is 14.0. The van der Waals surface area contributed by atoms with E-state index in [1.807, 2.05) is 0 Å². The lowest BCUT2D eigenvalue weighted by Gasteiger charge is -2.11. The Morgan fingerprint density at radius 3 is 2.63 bits per heavy atom. The molecule has 1 N–H and O–H groups in total. The quantitative estimate of drug-likeness (QED) is 0.499. The first-order valence-electron chi connectivity index (χ1n) is 8.75. The molecule has 0 aliphatic carbocycles. The monoisotopic (exact) mass is 425 g/mol. The number of ether oxygens (including phenoxy) is 1. The largest absolute Gasteiger partial charge is 0.511 e. The molecule has 1 aromatic carbocycles. The zero-order valence-corrected chi connectivity index (χ0v) is 15.5. The molecule has 0 saturated heterocycles. The molecule has 0 aliphatic heterocycles. The normalized spacial score (nSPS) is 12.8. The van der Waals surface area contributed by atoms with Gasteiger partial charge >= 0.3 is 12.1 Å². The smallest absolute Gasteiger partial charge is 0.419 e. The van der Waals surface area contributed by atoms with Crippen molar-refractivity contribution in [3.63, 3.8) is 0 Å². The van der Waals surface area contributed by atoms with Crippen LogP contribution in [0.4, 0.5) is 17.6 Å². The first-order valence-corrected chi connectivity index (χ1v) is 8.75. The van der Waals surface area contributed by atoms with Gasteiger partial charge < -0.3 is 9.84 Å². The molecular formula is C19H15F4N3O4. The second kappa shape index (κ2) is 8.09. The van der Waals surface area contributed by atoms with E-state index in [9.17, 15) is 32.3 Å². The summed E-state index contributed by atoms with van der Waals surface area (Å²) in [5.41, 5.74) is -2.54. The van der Waals surface area contributed by atoms with E-state index in [1.165, 1.54) is 0 Å². The zero-order chi connectivity index (χ0) is 22.1. The van der Waals surface area contributed by atoms with Crippen LogP contribution in [0.15, 0.2) is 35.4 Å². The number of aliphatic hydroxyl groups excluding tert-OH is 1. The van der Waals surface area contributed by atoms with E-state index in [1.54, 1.807) is 6.92 Å². The van der Waals surface area contributed by atoms with Crippen LogP contribution in [-0.4, -0.2) is 32.3 Å². The van der Waals surface area contributed by atoms with Gasteiger partial charge in [-0.25, -0.2) is 13.9 Å². The van der Waals surface area contributed by atoms with Crippen LogP contribution >= 0.6 is 0 Å². The summed E-state index contributed by atoms with van der Waals surface area (Å²) in [6, 6.07) is 3.24. The van der Waals surface area contributed by atoms with Gasteiger partial charge in [0.1, 0.15) is 23.1 Å². The molecule has 0 fully saturated rings. The van der Waals surface area contributed by atoms with E-state index < -0.39 is 34.7 Å². The van der Waals surface area contributed by atoms with E-state index >= 15 is 0 Å². The molecule has 0 atom stereocenters. The van der Waals surface area contributed by atoms with Crippen molar-refractivity contribution in [3.8, 4) is 11.3 Å². The molecule has 0 radical (unpaired) electrons. The van der Waals surface area contributed by atoms with Gasteiger partial charge in [0, 0.05) is 18.1 Å². The van der Waals surface area contributed by atoms with Crippen LogP contribution in [0.2, 0.25) is 0 Å². The Bertz CT molecular complexity index is 1220. The number of benzene rings is 1. The van der Waals surface area contributed by atoms with E-state index in [-0.39, 0.29) is 41.6 Å². The minimum atomic E-state index is -4.93. The third kappa shape index (κ3) is 4.09. The maximum atomic E-state index is 13.6. The van der Waals surface area contributed by atoms with Crippen LogP contribution in [0.3, 0.4) is 0 Å². The predicted octanol–water partition coefficient (Wildman–Crippen LogP) is 2.64. The van der Waals surface area contributed by atoms with E-state index in [2.05, 4.69) is 10.1 Å². The highest BCUT2D eigenvalue weighted by Gasteiger charge is 2.34. The number of hydrogen-bond donors (Lipinski definition) is 1. The molecule has 11 heteroatoms. The van der Waals surface area contributed by atoms with Gasteiger partial charge in [0.25, 0.3) is 0 Å². The summed E-state index contributed by atoms with van der Waals surface area (Å²) >= 11 is 0. The molecule has 0 unspecified atom stereocenters. The minimum absolute atomic E-state index is 0.0695. The number of carbonyl (C=O) groups is 1. The second-order valence-electron chi connectivity index (χ2n) is 6.21. The highest BCUT2D eigenvalue weighted by atomic mass is 19.4. The lowest BCUT2D eigenvalue weighted by molar-refractivity contribution is -0.143. The van der Waals surface area contributed by atoms with Crippen LogP contribution in [0.1, 0.15) is 25.3 Å². The molecular weight excluding hydrogens is 410 g/mol. The first kappa shape index (κ1) is 21.2. The number of hydrogen-bond acceptors (Lipinski definition) is 6. The molecule has 0 bridgehead atoms. The number of aliphatic hydroxyl groups is 1. The Labute approximate surface area is 166 Å². The molecule has 0 spiro atoms. The van der Waals surface area contributed by atoms with Gasteiger partial charge in [-0.1, -0.05) is 0 Å². The van der Waals surface area contributed by atoms with Gasteiger partial charge in [0.15, 0.2) is 11.1 Å². The van der Waals surface area contributed by atoms with Crippen molar-refractivity contribution in [2.75, 3.05) is 6.61 Å². The van der Waals surface area contributed by atoms with Gasteiger partial charge in [-0.05, 0) is 25.1 Å². The van der Waals surface area contributed by atoms with Crippen LogP contribution < -0.4 is 10.6 Å². The Morgan fingerprint density at radius 1 is 1.23 bits per heavy atom. The van der Waals surface area contributed by atoms with Crippen LogP contribution in [0.25, 0.3) is 22.7 Å². The molecule has 7 nitrogen and oxygen atoms in total. The fourth-order valence-electron chi connectivity index (χ4n) is 2.91. The summed E-state index contributed by atoms with van der Waals surface area (Å²) in [7, 11) is 0. The topological polar surface area (TPSA) is 93.8 Å². The van der Waals surface area contributed by atoms with Crippen LogP contribution in [-0.2, 0) is 15.7 Å². The Balaban J connectivity index is 2.15. The highest BCUT2D eigenvalue weighted by Crippen LogP contribution is 2.34. The number of carbonyl (C=O) groups excluding carboxylic acids is 1. The molecule has 2 aromatic heterocycles. The molecule has 0 amide bonds. The fraction of sp³-hybridized carbons (Fsp3) is 0.263.